The number of nitrogens with zero attached hydrogens (tertiary/aromatic N) is 1. The van der Waals surface area contributed by atoms with Crippen molar-refractivity contribution in [2.75, 3.05) is 6.54 Å². The lowest BCUT2D eigenvalue weighted by Gasteiger charge is -2.24. The van der Waals surface area contributed by atoms with Crippen LogP contribution < -0.4 is 0 Å². The van der Waals surface area contributed by atoms with Gasteiger partial charge < -0.3 is 4.90 Å². The van der Waals surface area contributed by atoms with Crippen LogP contribution in [0.2, 0.25) is 0 Å². The van der Waals surface area contributed by atoms with Gasteiger partial charge in [0.25, 0.3) is 0 Å². The molecule has 1 aromatic rings. The molecular weight excluding hydrogens is 215 g/mol. The standard InChI is InChI=1S/C14H19FN2/c1-9(2)10(3)7-17-8-11-4-5-12(15)6-13(11)14(17)16/h4-6,9-10,16H,7-8H2,1-3H3. The lowest BCUT2D eigenvalue weighted by molar-refractivity contribution is 0.300. The van der Waals surface area contributed by atoms with Crippen molar-refractivity contribution < 1.29 is 4.39 Å². The SMILES string of the molecule is CC(C)C(C)CN1Cc2ccc(F)cc2C1=N. The van der Waals surface area contributed by atoms with E-state index in [0.29, 0.717) is 17.7 Å². The molecule has 0 aliphatic carbocycles. The molecule has 1 unspecified atom stereocenters. The lowest BCUT2D eigenvalue weighted by atomic mass is 9.98. The van der Waals surface area contributed by atoms with Crippen molar-refractivity contribution in [3.05, 3.63) is 35.1 Å². The summed E-state index contributed by atoms with van der Waals surface area (Å²) in [5, 5.41) is 8.08. The first-order valence-electron chi connectivity index (χ1n) is 6.11. The number of nitrogens with one attached hydrogen (secondary N) is 1. The summed E-state index contributed by atoms with van der Waals surface area (Å²) in [6, 6.07) is 4.73. The first-order chi connectivity index (χ1) is 7.99. The van der Waals surface area contributed by atoms with E-state index >= 15 is 0 Å². The Kier molecular flexibility index (Phi) is 3.18. The van der Waals surface area contributed by atoms with Crippen LogP contribution in [0, 0.1) is 23.1 Å². The molecule has 2 nitrogen and oxygen atoms in total. The van der Waals surface area contributed by atoms with Gasteiger partial charge in [-0.25, -0.2) is 4.39 Å². The zero-order chi connectivity index (χ0) is 12.6. The summed E-state index contributed by atoms with van der Waals surface area (Å²) in [6.07, 6.45) is 0. The van der Waals surface area contributed by atoms with E-state index in [9.17, 15) is 4.39 Å². The summed E-state index contributed by atoms with van der Waals surface area (Å²) in [5.41, 5.74) is 1.81. The van der Waals surface area contributed by atoms with Crippen LogP contribution in [0.4, 0.5) is 4.39 Å². The Labute approximate surface area is 102 Å². The molecule has 17 heavy (non-hydrogen) atoms. The summed E-state index contributed by atoms with van der Waals surface area (Å²) in [6.45, 7) is 8.19. The highest BCUT2D eigenvalue weighted by Gasteiger charge is 2.26. The van der Waals surface area contributed by atoms with Gasteiger partial charge in [0.15, 0.2) is 0 Å². The van der Waals surface area contributed by atoms with Crippen molar-refractivity contribution in [1.82, 2.24) is 4.90 Å². The van der Waals surface area contributed by atoms with Crippen molar-refractivity contribution in [3.63, 3.8) is 0 Å². The predicted octanol–water partition coefficient (Wildman–Crippen LogP) is 3.26. The zero-order valence-corrected chi connectivity index (χ0v) is 10.6. The Morgan fingerprint density at radius 2 is 2.06 bits per heavy atom. The van der Waals surface area contributed by atoms with Gasteiger partial charge in [0.05, 0.1) is 0 Å². The van der Waals surface area contributed by atoms with Gasteiger partial charge in [-0.15, -0.1) is 0 Å². The Morgan fingerprint density at radius 1 is 1.35 bits per heavy atom. The molecule has 0 radical (unpaired) electrons. The topological polar surface area (TPSA) is 27.1 Å². The molecule has 0 amide bonds. The van der Waals surface area contributed by atoms with Crippen LogP contribution in [0.3, 0.4) is 0 Å². The molecule has 1 aromatic carbocycles. The number of fused-ring (bicyclic) bond motifs is 1. The van der Waals surface area contributed by atoms with Gasteiger partial charge in [0.1, 0.15) is 11.7 Å². The Balaban J connectivity index is 2.15. The molecular formula is C14H19FN2. The minimum atomic E-state index is -0.257. The molecule has 1 aliphatic rings. The van der Waals surface area contributed by atoms with E-state index in [1.165, 1.54) is 12.1 Å². The van der Waals surface area contributed by atoms with Crippen LogP contribution in [0.5, 0.6) is 0 Å². The second-order valence-electron chi connectivity index (χ2n) is 5.25. The highest BCUT2D eigenvalue weighted by atomic mass is 19.1. The van der Waals surface area contributed by atoms with Crippen molar-refractivity contribution in [3.8, 4) is 0 Å². The first kappa shape index (κ1) is 12.1. The van der Waals surface area contributed by atoms with Crippen LogP contribution in [0.1, 0.15) is 31.9 Å². The van der Waals surface area contributed by atoms with E-state index in [-0.39, 0.29) is 5.82 Å². The highest BCUT2D eigenvalue weighted by Crippen LogP contribution is 2.25. The second-order valence-corrected chi connectivity index (χ2v) is 5.25. The molecule has 1 N–H and O–H groups in total. The van der Waals surface area contributed by atoms with Gasteiger partial charge >= 0.3 is 0 Å². The average Bonchev–Trinajstić information content (AvgIpc) is 2.56. The smallest absolute Gasteiger partial charge is 0.128 e. The number of rotatable bonds is 3. The third-order valence-corrected chi connectivity index (χ3v) is 3.65. The number of amidine groups is 1. The maximum Gasteiger partial charge on any atom is 0.128 e. The summed E-state index contributed by atoms with van der Waals surface area (Å²) in [7, 11) is 0. The molecule has 2 rings (SSSR count). The van der Waals surface area contributed by atoms with Gasteiger partial charge in [-0.05, 0) is 29.5 Å². The van der Waals surface area contributed by atoms with Crippen LogP contribution in [-0.2, 0) is 6.54 Å². The third-order valence-electron chi connectivity index (χ3n) is 3.65. The van der Waals surface area contributed by atoms with Crippen molar-refractivity contribution in [2.24, 2.45) is 11.8 Å². The molecule has 0 aromatic heterocycles. The number of benzene rings is 1. The van der Waals surface area contributed by atoms with Crippen LogP contribution >= 0.6 is 0 Å². The summed E-state index contributed by atoms with van der Waals surface area (Å²) >= 11 is 0. The first-order valence-corrected chi connectivity index (χ1v) is 6.11. The van der Waals surface area contributed by atoms with E-state index in [1.54, 1.807) is 6.07 Å². The van der Waals surface area contributed by atoms with Crippen LogP contribution in [0.15, 0.2) is 18.2 Å². The molecule has 0 spiro atoms. The monoisotopic (exact) mass is 234 g/mol. The Hall–Kier alpha value is -1.38. The maximum atomic E-state index is 13.1. The van der Waals surface area contributed by atoms with E-state index in [2.05, 4.69) is 20.8 Å². The summed E-state index contributed by atoms with van der Waals surface area (Å²) in [4.78, 5) is 2.04. The van der Waals surface area contributed by atoms with Gasteiger partial charge in [-0.1, -0.05) is 26.8 Å². The Morgan fingerprint density at radius 3 is 2.71 bits per heavy atom. The zero-order valence-electron chi connectivity index (χ0n) is 10.6. The third kappa shape index (κ3) is 2.33. The molecule has 0 saturated carbocycles. The summed E-state index contributed by atoms with van der Waals surface area (Å²) in [5.74, 6) is 1.34. The highest BCUT2D eigenvalue weighted by molar-refractivity contribution is 6.00. The molecule has 1 aliphatic heterocycles. The van der Waals surface area contributed by atoms with Crippen molar-refractivity contribution >= 4 is 5.84 Å². The van der Waals surface area contributed by atoms with Gasteiger partial charge in [0.2, 0.25) is 0 Å². The minimum absolute atomic E-state index is 0.257. The number of hydrogen-bond acceptors (Lipinski definition) is 1. The molecule has 0 fully saturated rings. The van der Waals surface area contributed by atoms with Crippen LogP contribution in [0.25, 0.3) is 0 Å². The lowest BCUT2D eigenvalue weighted by Crippen LogP contribution is -2.30. The molecule has 0 bridgehead atoms. The Bertz CT molecular complexity index is 440. The molecule has 1 heterocycles. The largest absolute Gasteiger partial charge is 0.352 e. The van der Waals surface area contributed by atoms with Gasteiger partial charge in [0, 0.05) is 18.7 Å². The molecule has 92 valence electrons. The van der Waals surface area contributed by atoms with Crippen LogP contribution in [-0.4, -0.2) is 17.3 Å². The molecule has 1 atom stereocenters. The summed E-state index contributed by atoms with van der Waals surface area (Å²) < 4.78 is 13.1. The molecule has 0 saturated heterocycles. The van der Waals surface area contributed by atoms with Crippen molar-refractivity contribution in [1.29, 1.82) is 5.41 Å². The molecule has 3 heteroatoms. The maximum absolute atomic E-state index is 13.1. The van der Waals surface area contributed by atoms with E-state index < -0.39 is 0 Å². The van der Waals surface area contributed by atoms with E-state index in [0.717, 1.165) is 24.2 Å². The predicted molar refractivity (Wildman–Crippen MR) is 67.6 cm³/mol. The second kappa shape index (κ2) is 4.47. The minimum Gasteiger partial charge on any atom is -0.352 e. The fraction of sp³-hybridized carbons (Fsp3) is 0.500. The van der Waals surface area contributed by atoms with Gasteiger partial charge in [-0.2, -0.15) is 0 Å². The fourth-order valence-electron chi connectivity index (χ4n) is 2.08. The van der Waals surface area contributed by atoms with Crippen molar-refractivity contribution in [2.45, 2.75) is 27.3 Å². The average molecular weight is 234 g/mol. The van der Waals surface area contributed by atoms with E-state index in [1.807, 2.05) is 4.90 Å². The number of hydrogen-bond donors (Lipinski definition) is 1. The number of halogens is 1. The quantitative estimate of drug-likeness (QED) is 0.854. The van der Waals surface area contributed by atoms with E-state index in [4.69, 9.17) is 5.41 Å². The normalized spacial score (nSPS) is 16.5. The fourth-order valence-corrected chi connectivity index (χ4v) is 2.08. The van der Waals surface area contributed by atoms with Gasteiger partial charge in [-0.3, -0.25) is 5.41 Å².